The lowest BCUT2D eigenvalue weighted by Gasteiger charge is -2.15. The molecule has 0 radical (unpaired) electrons. The van der Waals surface area contributed by atoms with Crippen LogP contribution < -0.4 is 30.0 Å². The van der Waals surface area contributed by atoms with E-state index in [1.165, 1.54) is 0 Å². The van der Waals surface area contributed by atoms with Crippen molar-refractivity contribution in [1.82, 2.24) is 5.32 Å². The van der Waals surface area contributed by atoms with Crippen molar-refractivity contribution in [2.24, 2.45) is 5.73 Å². The Labute approximate surface area is 188 Å². The van der Waals surface area contributed by atoms with Crippen LogP contribution in [0.4, 0.5) is 0 Å². The maximum absolute atomic E-state index is 11.0. The van der Waals surface area contributed by atoms with Crippen LogP contribution in [0.15, 0.2) is 30.3 Å². The minimum Gasteiger partial charge on any atom is -0.493 e. The van der Waals surface area contributed by atoms with Crippen molar-refractivity contribution in [2.45, 2.75) is 19.9 Å². The van der Waals surface area contributed by atoms with Crippen LogP contribution in [-0.4, -0.2) is 39.9 Å². The predicted molar refractivity (Wildman–Crippen MR) is 120 cm³/mol. The molecule has 9 heteroatoms. The van der Waals surface area contributed by atoms with Gasteiger partial charge in [0, 0.05) is 6.54 Å². The van der Waals surface area contributed by atoms with E-state index in [0.717, 1.165) is 24.1 Å². The van der Waals surface area contributed by atoms with E-state index in [9.17, 15) is 4.79 Å². The fourth-order valence-corrected chi connectivity index (χ4v) is 3.06. The summed E-state index contributed by atoms with van der Waals surface area (Å²) in [5.41, 5.74) is 7.21. The summed E-state index contributed by atoms with van der Waals surface area (Å²) in [7, 11) is 3.24. The van der Waals surface area contributed by atoms with Crippen LogP contribution in [-0.2, 0) is 17.8 Å². The number of ether oxygens (including phenoxy) is 4. The lowest BCUT2D eigenvalue weighted by Crippen LogP contribution is -2.20. The van der Waals surface area contributed by atoms with Crippen LogP contribution >= 0.6 is 24.0 Å². The minimum atomic E-state index is -0.579. The first-order chi connectivity index (χ1) is 14.0. The third kappa shape index (κ3) is 7.48. The standard InChI is InChI=1S/C21H27ClN2O5.ClH/c1-4-28-19-11-15(9-16(22)21(19)29-13-20(23)25)12-24-8-7-14-5-6-17(26-2)18(10-14)27-3;/h5-6,9-11,24H,4,7-8,12-13H2,1-3H3,(H2,23,25);1H. The molecule has 2 aromatic rings. The first kappa shape index (κ1) is 25.7. The van der Waals surface area contributed by atoms with Crippen molar-refractivity contribution in [3.05, 3.63) is 46.5 Å². The Morgan fingerprint density at radius 2 is 1.73 bits per heavy atom. The summed E-state index contributed by atoms with van der Waals surface area (Å²) in [6.07, 6.45) is 0.826. The van der Waals surface area contributed by atoms with Gasteiger partial charge in [0.05, 0.1) is 25.8 Å². The molecule has 0 aliphatic rings. The number of primary amides is 1. The van der Waals surface area contributed by atoms with Gasteiger partial charge < -0.3 is 30.0 Å². The van der Waals surface area contributed by atoms with Crippen molar-refractivity contribution < 1.29 is 23.7 Å². The zero-order chi connectivity index (χ0) is 21.2. The summed E-state index contributed by atoms with van der Waals surface area (Å²) < 4.78 is 21.6. The summed E-state index contributed by atoms with van der Waals surface area (Å²) in [4.78, 5) is 11.0. The SMILES string of the molecule is CCOc1cc(CNCCc2ccc(OC)c(OC)c2)cc(Cl)c1OCC(N)=O.Cl. The molecule has 166 valence electrons. The molecule has 3 N–H and O–H groups in total. The molecule has 0 saturated heterocycles. The maximum Gasteiger partial charge on any atom is 0.255 e. The number of hydrogen-bond donors (Lipinski definition) is 2. The molecule has 0 atom stereocenters. The molecule has 0 aliphatic heterocycles. The van der Waals surface area contributed by atoms with Gasteiger partial charge in [0.2, 0.25) is 0 Å². The van der Waals surface area contributed by atoms with Crippen LogP contribution in [0, 0.1) is 0 Å². The highest BCUT2D eigenvalue weighted by molar-refractivity contribution is 6.32. The molecule has 0 aromatic heterocycles. The summed E-state index contributed by atoms with van der Waals surface area (Å²) in [6, 6.07) is 9.50. The van der Waals surface area contributed by atoms with Crippen molar-refractivity contribution in [3.63, 3.8) is 0 Å². The van der Waals surface area contributed by atoms with E-state index in [0.29, 0.717) is 41.2 Å². The Bertz CT molecular complexity index is 833. The number of hydrogen-bond acceptors (Lipinski definition) is 6. The Morgan fingerprint density at radius 1 is 1.03 bits per heavy atom. The molecular formula is C21H28Cl2N2O5. The molecule has 0 unspecified atom stereocenters. The van der Waals surface area contributed by atoms with E-state index >= 15 is 0 Å². The molecule has 2 aromatic carbocycles. The summed E-state index contributed by atoms with van der Waals surface area (Å²) in [5.74, 6) is 1.65. The molecule has 0 spiro atoms. The maximum atomic E-state index is 11.0. The average molecular weight is 459 g/mol. The van der Waals surface area contributed by atoms with E-state index in [1.807, 2.05) is 31.2 Å². The number of amides is 1. The number of rotatable bonds is 12. The fraction of sp³-hybridized carbons (Fsp3) is 0.381. The molecule has 30 heavy (non-hydrogen) atoms. The third-order valence-corrected chi connectivity index (χ3v) is 4.38. The number of methoxy groups -OCH3 is 2. The van der Waals surface area contributed by atoms with E-state index in [2.05, 4.69) is 5.32 Å². The fourth-order valence-electron chi connectivity index (χ4n) is 2.77. The molecule has 0 saturated carbocycles. The molecular weight excluding hydrogens is 431 g/mol. The first-order valence-corrected chi connectivity index (χ1v) is 9.64. The Morgan fingerprint density at radius 3 is 2.37 bits per heavy atom. The molecule has 0 aliphatic carbocycles. The van der Waals surface area contributed by atoms with Gasteiger partial charge in [-0.15, -0.1) is 12.4 Å². The number of carbonyl (C=O) groups is 1. The molecule has 0 fully saturated rings. The average Bonchev–Trinajstić information content (AvgIpc) is 2.70. The van der Waals surface area contributed by atoms with Crippen molar-refractivity contribution in [1.29, 1.82) is 0 Å². The van der Waals surface area contributed by atoms with Crippen LogP contribution in [0.25, 0.3) is 0 Å². The van der Waals surface area contributed by atoms with Gasteiger partial charge in [-0.1, -0.05) is 17.7 Å². The smallest absolute Gasteiger partial charge is 0.255 e. The Balaban J connectivity index is 0.00000450. The van der Waals surface area contributed by atoms with Gasteiger partial charge in [0.25, 0.3) is 5.91 Å². The first-order valence-electron chi connectivity index (χ1n) is 9.26. The third-order valence-electron chi connectivity index (χ3n) is 4.10. The number of halogens is 2. The van der Waals surface area contributed by atoms with Gasteiger partial charge in [-0.05, 0) is 55.3 Å². The van der Waals surface area contributed by atoms with Crippen LogP contribution in [0.2, 0.25) is 5.02 Å². The van der Waals surface area contributed by atoms with E-state index < -0.39 is 5.91 Å². The monoisotopic (exact) mass is 458 g/mol. The van der Waals surface area contributed by atoms with E-state index in [1.54, 1.807) is 20.3 Å². The summed E-state index contributed by atoms with van der Waals surface area (Å²) >= 11 is 6.31. The van der Waals surface area contributed by atoms with Crippen LogP contribution in [0.3, 0.4) is 0 Å². The highest BCUT2D eigenvalue weighted by Crippen LogP contribution is 2.36. The molecule has 0 bridgehead atoms. The zero-order valence-corrected chi connectivity index (χ0v) is 18.9. The zero-order valence-electron chi connectivity index (χ0n) is 17.3. The Hall–Kier alpha value is -2.35. The van der Waals surface area contributed by atoms with Crippen molar-refractivity contribution in [2.75, 3.05) is 34.0 Å². The summed E-state index contributed by atoms with van der Waals surface area (Å²) in [6.45, 7) is 3.40. The van der Waals surface area contributed by atoms with Crippen molar-refractivity contribution >= 4 is 29.9 Å². The van der Waals surface area contributed by atoms with Gasteiger partial charge in [-0.25, -0.2) is 0 Å². The van der Waals surface area contributed by atoms with Gasteiger partial charge in [-0.2, -0.15) is 0 Å². The molecule has 1 amide bonds. The minimum absolute atomic E-state index is 0. The van der Waals surface area contributed by atoms with Gasteiger partial charge >= 0.3 is 0 Å². The van der Waals surface area contributed by atoms with Gasteiger partial charge in [0.1, 0.15) is 0 Å². The van der Waals surface area contributed by atoms with Gasteiger partial charge in [0.15, 0.2) is 29.6 Å². The normalized spacial score (nSPS) is 10.1. The summed E-state index contributed by atoms with van der Waals surface area (Å²) in [5, 5.41) is 3.75. The number of nitrogens with one attached hydrogen (secondary N) is 1. The number of nitrogens with two attached hydrogens (primary N) is 1. The lowest BCUT2D eigenvalue weighted by atomic mass is 10.1. The second kappa shape index (κ2) is 13.1. The molecule has 0 heterocycles. The van der Waals surface area contributed by atoms with Crippen molar-refractivity contribution in [3.8, 4) is 23.0 Å². The number of benzene rings is 2. The highest BCUT2D eigenvalue weighted by Gasteiger charge is 2.13. The lowest BCUT2D eigenvalue weighted by molar-refractivity contribution is -0.119. The van der Waals surface area contributed by atoms with Crippen LogP contribution in [0.5, 0.6) is 23.0 Å². The van der Waals surface area contributed by atoms with Crippen LogP contribution in [0.1, 0.15) is 18.1 Å². The Kier molecular flexibility index (Phi) is 11.2. The van der Waals surface area contributed by atoms with E-state index in [-0.39, 0.29) is 19.0 Å². The van der Waals surface area contributed by atoms with Gasteiger partial charge in [-0.3, -0.25) is 4.79 Å². The predicted octanol–water partition coefficient (Wildman–Crippen LogP) is 3.37. The second-order valence-electron chi connectivity index (χ2n) is 6.21. The second-order valence-corrected chi connectivity index (χ2v) is 6.62. The highest BCUT2D eigenvalue weighted by atomic mass is 35.5. The molecule has 2 rings (SSSR count). The number of carbonyl (C=O) groups excluding carboxylic acids is 1. The topological polar surface area (TPSA) is 92.0 Å². The largest absolute Gasteiger partial charge is 0.493 e. The quantitative estimate of drug-likeness (QED) is 0.473. The molecule has 7 nitrogen and oxygen atoms in total. The van der Waals surface area contributed by atoms with E-state index in [4.69, 9.17) is 36.3 Å².